The van der Waals surface area contributed by atoms with Gasteiger partial charge < -0.3 is 4.74 Å². The van der Waals surface area contributed by atoms with E-state index in [-0.39, 0.29) is 13.0 Å². The quantitative estimate of drug-likeness (QED) is 0.444. The zero-order valence-electron chi connectivity index (χ0n) is 9.88. The van der Waals surface area contributed by atoms with E-state index in [1.807, 2.05) is 19.1 Å². The highest BCUT2D eigenvalue weighted by Crippen LogP contribution is 2.09. The van der Waals surface area contributed by atoms with Gasteiger partial charge in [-0.1, -0.05) is 29.8 Å². The Morgan fingerprint density at radius 3 is 2.47 bits per heavy atom. The van der Waals surface area contributed by atoms with Crippen LogP contribution in [-0.4, -0.2) is 23.5 Å². The fourth-order valence-corrected chi connectivity index (χ4v) is 1.43. The van der Waals surface area contributed by atoms with Crippen LogP contribution in [0.4, 0.5) is 0 Å². The van der Waals surface area contributed by atoms with Crippen molar-refractivity contribution in [3.05, 3.63) is 45.5 Å². The molecule has 0 N–H and O–H groups in total. The Morgan fingerprint density at radius 2 is 2.00 bits per heavy atom. The average molecular weight is 237 g/mol. The van der Waals surface area contributed by atoms with E-state index in [9.17, 15) is 14.9 Å². The smallest absolute Gasteiger partial charge is 0.382 e. The van der Waals surface area contributed by atoms with E-state index in [1.54, 1.807) is 19.1 Å². The summed E-state index contributed by atoms with van der Waals surface area (Å²) in [5.41, 5.74) is 1.83. The highest BCUT2D eigenvalue weighted by Gasteiger charge is 2.31. The van der Waals surface area contributed by atoms with Crippen LogP contribution in [0, 0.1) is 17.0 Å². The van der Waals surface area contributed by atoms with Crippen molar-refractivity contribution in [2.45, 2.75) is 26.3 Å². The number of hydrogen-bond donors (Lipinski definition) is 0. The molecular formula is C12H15NO4. The third-order valence-corrected chi connectivity index (χ3v) is 2.36. The van der Waals surface area contributed by atoms with Crippen molar-refractivity contribution in [1.82, 2.24) is 0 Å². The average Bonchev–Trinajstić information content (AvgIpc) is 2.28. The molecule has 1 atom stereocenters. The maximum Gasteiger partial charge on any atom is 0.382 e. The van der Waals surface area contributed by atoms with E-state index in [1.165, 1.54) is 0 Å². The Morgan fingerprint density at radius 1 is 1.41 bits per heavy atom. The van der Waals surface area contributed by atoms with Gasteiger partial charge in [-0.25, -0.2) is 4.79 Å². The third kappa shape index (κ3) is 3.86. The van der Waals surface area contributed by atoms with Crippen molar-refractivity contribution in [2.24, 2.45) is 0 Å². The van der Waals surface area contributed by atoms with Crippen LogP contribution in [0.1, 0.15) is 18.1 Å². The lowest BCUT2D eigenvalue weighted by Crippen LogP contribution is -2.33. The second-order valence-corrected chi connectivity index (χ2v) is 3.74. The van der Waals surface area contributed by atoms with Crippen molar-refractivity contribution >= 4 is 5.97 Å². The summed E-state index contributed by atoms with van der Waals surface area (Å²) in [6.07, 6.45) is 0.0616. The van der Waals surface area contributed by atoms with Gasteiger partial charge in [-0.15, -0.1) is 0 Å². The Bertz CT molecular complexity index is 399. The number of carbonyl (C=O) groups excluding carboxylic acids is 1. The fraction of sp³-hybridized carbons (Fsp3) is 0.417. The zero-order valence-corrected chi connectivity index (χ0v) is 9.88. The maximum atomic E-state index is 11.4. The first-order valence-electron chi connectivity index (χ1n) is 5.40. The minimum Gasteiger partial charge on any atom is -0.461 e. The molecule has 5 nitrogen and oxygen atoms in total. The highest BCUT2D eigenvalue weighted by atomic mass is 16.6. The molecule has 92 valence electrons. The van der Waals surface area contributed by atoms with Crippen LogP contribution in [0.5, 0.6) is 0 Å². The molecule has 5 heteroatoms. The Labute approximate surface area is 99.5 Å². The first-order chi connectivity index (χ1) is 8.04. The van der Waals surface area contributed by atoms with Crippen molar-refractivity contribution in [3.63, 3.8) is 0 Å². The summed E-state index contributed by atoms with van der Waals surface area (Å²) in [4.78, 5) is 21.6. The number of ether oxygens (including phenoxy) is 1. The van der Waals surface area contributed by atoms with Crippen molar-refractivity contribution in [1.29, 1.82) is 0 Å². The lowest BCUT2D eigenvalue weighted by Gasteiger charge is -2.08. The number of carbonyl (C=O) groups is 1. The number of benzene rings is 1. The molecule has 0 radical (unpaired) electrons. The van der Waals surface area contributed by atoms with Crippen LogP contribution >= 0.6 is 0 Å². The molecule has 0 unspecified atom stereocenters. The van der Waals surface area contributed by atoms with E-state index in [4.69, 9.17) is 0 Å². The summed E-state index contributed by atoms with van der Waals surface area (Å²) >= 11 is 0. The van der Waals surface area contributed by atoms with Gasteiger partial charge in [-0.2, -0.15) is 0 Å². The summed E-state index contributed by atoms with van der Waals surface area (Å²) in [5, 5.41) is 10.8. The number of esters is 1. The molecule has 0 aliphatic heterocycles. The molecule has 0 fully saturated rings. The van der Waals surface area contributed by atoms with Crippen LogP contribution in [0.25, 0.3) is 0 Å². The van der Waals surface area contributed by atoms with Gasteiger partial charge in [0.2, 0.25) is 0 Å². The SMILES string of the molecule is CCOC(=O)[C@@H](Cc1ccc(C)cc1)[N+](=O)[O-]. The van der Waals surface area contributed by atoms with Crippen molar-refractivity contribution < 1.29 is 14.5 Å². The second kappa shape index (κ2) is 5.98. The summed E-state index contributed by atoms with van der Waals surface area (Å²) in [7, 11) is 0. The molecule has 1 aromatic carbocycles. The maximum absolute atomic E-state index is 11.4. The minimum atomic E-state index is -1.32. The minimum absolute atomic E-state index is 0.0616. The lowest BCUT2D eigenvalue weighted by molar-refractivity contribution is -0.510. The molecule has 0 aliphatic rings. The Hall–Kier alpha value is -1.91. The van der Waals surface area contributed by atoms with Gasteiger partial charge in [-0.05, 0) is 19.4 Å². The molecule has 0 spiro atoms. The largest absolute Gasteiger partial charge is 0.461 e. The van der Waals surface area contributed by atoms with Gasteiger partial charge in [0.1, 0.15) is 0 Å². The zero-order chi connectivity index (χ0) is 12.8. The van der Waals surface area contributed by atoms with Gasteiger partial charge in [-0.3, -0.25) is 10.1 Å². The number of rotatable bonds is 5. The summed E-state index contributed by atoms with van der Waals surface area (Å²) < 4.78 is 4.68. The fourth-order valence-electron chi connectivity index (χ4n) is 1.43. The Kier molecular flexibility index (Phi) is 4.63. The lowest BCUT2D eigenvalue weighted by atomic mass is 10.1. The van der Waals surface area contributed by atoms with Gasteiger partial charge in [0.15, 0.2) is 0 Å². The van der Waals surface area contributed by atoms with Crippen LogP contribution < -0.4 is 0 Å². The van der Waals surface area contributed by atoms with Gasteiger partial charge in [0.25, 0.3) is 0 Å². The first-order valence-corrected chi connectivity index (χ1v) is 5.40. The van der Waals surface area contributed by atoms with E-state index in [0.29, 0.717) is 0 Å². The molecule has 0 amide bonds. The monoisotopic (exact) mass is 237 g/mol. The normalized spacial score (nSPS) is 11.9. The molecule has 1 aromatic rings. The molecule has 17 heavy (non-hydrogen) atoms. The molecule has 0 saturated carbocycles. The van der Waals surface area contributed by atoms with E-state index >= 15 is 0 Å². The third-order valence-electron chi connectivity index (χ3n) is 2.36. The predicted octanol–water partition coefficient (Wildman–Crippen LogP) is 1.75. The molecule has 0 heterocycles. The van der Waals surface area contributed by atoms with Gasteiger partial charge >= 0.3 is 12.0 Å². The van der Waals surface area contributed by atoms with Crippen LogP contribution in [0.2, 0.25) is 0 Å². The number of aryl methyl sites for hydroxylation is 1. The molecule has 0 saturated heterocycles. The van der Waals surface area contributed by atoms with E-state index in [2.05, 4.69) is 4.74 Å². The predicted molar refractivity (Wildman–Crippen MR) is 62.3 cm³/mol. The molecule has 1 rings (SSSR count). The molecule has 0 aliphatic carbocycles. The molecular weight excluding hydrogens is 222 g/mol. The van der Waals surface area contributed by atoms with Crippen molar-refractivity contribution in [2.75, 3.05) is 6.61 Å². The van der Waals surface area contributed by atoms with E-state index in [0.717, 1.165) is 11.1 Å². The standard InChI is InChI=1S/C12H15NO4/c1-3-17-12(14)11(13(15)16)8-10-6-4-9(2)5-7-10/h4-7,11H,3,8H2,1-2H3/t11-/m1/s1. The first kappa shape index (κ1) is 13.2. The van der Waals surface area contributed by atoms with Gasteiger partial charge in [0, 0.05) is 4.92 Å². The van der Waals surface area contributed by atoms with E-state index < -0.39 is 16.9 Å². The van der Waals surface area contributed by atoms with Crippen molar-refractivity contribution in [3.8, 4) is 0 Å². The second-order valence-electron chi connectivity index (χ2n) is 3.74. The number of hydrogen-bond acceptors (Lipinski definition) is 4. The summed E-state index contributed by atoms with van der Waals surface area (Å²) in [6.45, 7) is 3.71. The van der Waals surface area contributed by atoms with Crippen LogP contribution in [0.15, 0.2) is 24.3 Å². The topological polar surface area (TPSA) is 69.4 Å². The van der Waals surface area contributed by atoms with Crippen LogP contribution in [0.3, 0.4) is 0 Å². The van der Waals surface area contributed by atoms with Crippen LogP contribution in [-0.2, 0) is 16.0 Å². The highest BCUT2D eigenvalue weighted by molar-refractivity contribution is 5.74. The molecule has 0 aromatic heterocycles. The summed E-state index contributed by atoms with van der Waals surface area (Å²) in [5.74, 6) is -0.780. The number of nitrogens with zero attached hydrogens (tertiary/aromatic N) is 1. The van der Waals surface area contributed by atoms with Gasteiger partial charge in [0.05, 0.1) is 13.0 Å². The molecule has 0 bridgehead atoms. The number of nitro groups is 1. The Balaban J connectivity index is 2.76. The summed E-state index contributed by atoms with van der Waals surface area (Å²) in [6, 6.07) is 5.96.